The number of hydrogen-bond donors (Lipinski definition) is 1. The van der Waals surface area contributed by atoms with E-state index in [-0.39, 0.29) is 18.7 Å². The summed E-state index contributed by atoms with van der Waals surface area (Å²) in [5, 5.41) is 2.56. The van der Waals surface area contributed by atoms with Crippen LogP contribution >= 0.6 is 15.9 Å². The van der Waals surface area contributed by atoms with Crippen LogP contribution in [0.5, 0.6) is 0 Å². The number of ketones is 1. The first kappa shape index (κ1) is 15.7. The van der Waals surface area contributed by atoms with Crippen LogP contribution < -0.4 is 5.32 Å². The van der Waals surface area contributed by atoms with E-state index in [4.69, 9.17) is 4.74 Å². The van der Waals surface area contributed by atoms with Crippen molar-refractivity contribution in [1.82, 2.24) is 5.32 Å². The molecule has 0 aliphatic carbocycles. The normalized spacial score (nSPS) is 10.9. The Kier molecular flexibility index (Phi) is 5.54. The van der Waals surface area contributed by atoms with Crippen LogP contribution in [0.4, 0.5) is 4.79 Å². The maximum absolute atomic E-state index is 11.9. The molecule has 0 saturated heterocycles. The Morgan fingerprint density at radius 2 is 2.00 bits per heavy atom. The SMILES string of the molecule is CC(C)(C)OC(=O)NCCC(=O)c1cccc(Br)c1. The van der Waals surface area contributed by atoms with Gasteiger partial charge in [-0.25, -0.2) is 4.79 Å². The molecular formula is C14H18BrNO3. The van der Waals surface area contributed by atoms with Crippen molar-refractivity contribution in [2.24, 2.45) is 0 Å². The summed E-state index contributed by atoms with van der Waals surface area (Å²) in [7, 11) is 0. The van der Waals surface area contributed by atoms with Crippen molar-refractivity contribution in [2.75, 3.05) is 6.54 Å². The molecule has 5 heteroatoms. The van der Waals surface area contributed by atoms with Crippen LogP contribution in [-0.4, -0.2) is 24.0 Å². The minimum Gasteiger partial charge on any atom is -0.444 e. The Labute approximate surface area is 121 Å². The van der Waals surface area contributed by atoms with Gasteiger partial charge in [0.1, 0.15) is 5.60 Å². The average molecular weight is 328 g/mol. The molecule has 1 aromatic carbocycles. The molecule has 0 aliphatic rings. The maximum Gasteiger partial charge on any atom is 0.407 e. The highest BCUT2D eigenvalue weighted by Crippen LogP contribution is 2.13. The van der Waals surface area contributed by atoms with E-state index in [2.05, 4.69) is 21.2 Å². The third-order valence-corrected chi connectivity index (χ3v) is 2.66. The second-order valence-electron chi connectivity index (χ2n) is 5.11. The zero-order valence-corrected chi connectivity index (χ0v) is 12.9. The molecule has 0 saturated carbocycles. The first-order chi connectivity index (χ1) is 8.78. The van der Waals surface area contributed by atoms with Crippen LogP contribution in [0.15, 0.2) is 28.7 Å². The van der Waals surface area contributed by atoms with Crippen LogP contribution in [0, 0.1) is 0 Å². The second-order valence-corrected chi connectivity index (χ2v) is 6.03. The lowest BCUT2D eigenvalue weighted by Crippen LogP contribution is -2.33. The highest BCUT2D eigenvalue weighted by Gasteiger charge is 2.16. The number of amides is 1. The van der Waals surface area contributed by atoms with E-state index in [0.29, 0.717) is 5.56 Å². The van der Waals surface area contributed by atoms with Crippen LogP contribution in [0.3, 0.4) is 0 Å². The summed E-state index contributed by atoms with van der Waals surface area (Å²) in [6.45, 7) is 5.64. The van der Waals surface area contributed by atoms with E-state index in [0.717, 1.165) is 4.47 Å². The monoisotopic (exact) mass is 327 g/mol. The van der Waals surface area contributed by atoms with Crippen molar-refractivity contribution in [1.29, 1.82) is 0 Å². The van der Waals surface area contributed by atoms with Gasteiger partial charge in [-0.3, -0.25) is 4.79 Å². The molecule has 1 amide bonds. The zero-order chi connectivity index (χ0) is 14.5. The zero-order valence-electron chi connectivity index (χ0n) is 11.3. The predicted molar refractivity (Wildman–Crippen MR) is 77.3 cm³/mol. The molecule has 19 heavy (non-hydrogen) atoms. The van der Waals surface area contributed by atoms with Crippen LogP contribution in [0.1, 0.15) is 37.6 Å². The first-order valence-electron chi connectivity index (χ1n) is 6.03. The molecule has 0 radical (unpaired) electrons. The lowest BCUT2D eigenvalue weighted by atomic mass is 10.1. The summed E-state index contributed by atoms with van der Waals surface area (Å²) in [6, 6.07) is 7.17. The standard InChI is InChI=1S/C14H18BrNO3/c1-14(2,3)19-13(18)16-8-7-12(17)10-5-4-6-11(15)9-10/h4-6,9H,7-8H2,1-3H3,(H,16,18). The first-order valence-corrected chi connectivity index (χ1v) is 6.83. The maximum atomic E-state index is 11.9. The average Bonchev–Trinajstić information content (AvgIpc) is 2.26. The smallest absolute Gasteiger partial charge is 0.407 e. The molecule has 0 atom stereocenters. The number of carbonyl (C=O) groups excluding carboxylic acids is 2. The van der Waals surface area contributed by atoms with Gasteiger partial charge in [0.2, 0.25) is 0 Å². The van der Waals surface area contributed by atoms with Gasteiger partial charge in [0.25, 0.3) is 0 Å². The van der Waals surface area contributed by atoms with Crippen LogP contribution in [0.25, 0.3) is 0 Å². The van der Waals surface area contributed by atoms with Gasteiger partial charge in [-0.2, -0.15) is 0 Å². The van der Waals surface area contributed by atoms with Crippen molar-refractivity contribution in [3.05, 3.63) is 34.3 Å². The van der Waals surface area contributed by atoms with Gasteiger partial charge in [-0.15, -0.1) is 0 Å². The topological polar surface area (TPSA) is 55.4 Å². The summed E-state index contributed by atoms with van der Waals surface area (Å²) < 4.78 is 5.94. The van der Waals surface area contributed by atoms with E-state index in [1.54, 1.807) is 39.0 Å². The van der Waals surface area contributed by atoms with Crippen molar-refractivity contribution < 1.29 is 14.3 Å². The van der Waals surface area contributed by atoms with Crippen molar-refractivity contribution in [3.63, 3.8) is 0 Å². The van der Waals surface area contributed by atoms with Crippen molar-refractivity contribution >= 4 is 27.8 Å². The molecule has 0 spiro atoms. The Bertz CT molecular complexity index is 466. The Balaban J connectivity index is 2.37. The minimum absolute atomic E-state index is 0.0163. The molecule has 0 aromatic heterocycles. The number of nitrogens with one attached hydrogen (secondary N) is 1. The fourth-order valence-corrected chi connectivity index (χ4v) is 1.80. The number of carbonyl (C=O) groups is 2. The second kappa shape index (κ2) is 6.70. The van der Waals surface area contributed by atoms with E-state index >= 15 is 0 Å². The van der Waals surface area contributed by atoms with E-state index in [9.17, 15) is 9.59 Å². The van der Waals surface area contributed by atoms with Crippen LogP contribution in [0.2, 0.25) is 0 Å². The fraction of sp³-hybridized carbons (Fsp3) is 0.429. The third-order valence-electron chi connectivity index (χ3n) is 2.17. The molecule has 1 aromatic rings. The summed E-state index contributed by atoms with van der Waals surface area (Å²) in [6.07, 6.45) is -0.259. The third kappa shape index (κ3) is 6.38. The lowest BCUT2D eigenvalue weighted by Gasteiger charge is -2.19. The number of rotatable bonds is 4. The number of benzene rings is 1. The molecule has 104 valence electrons. The number of halogens is 1. The van der Waals surface area contributed by atoms with Gasteiger partial charge in [-0.1, -0.05) is 28.1 Å². The minimum atomic E-state index is -0.529. The molecular weight excluding hydrogens is 310 g/mol. The molecule has 4 nitrogen and oxygen atoms in total. The predicted octanol–water partition coefficient (Wildman–Crippen LogP) is 3.55. The molecule has 0 fully saturated rings. The fourth-order valence-electron chi connectivity index (χ4n) is 1.40. The molecule has 0 bridgehead atoms. The highest BCUT2D eigenvalue weighted by molar-refractivity contribution is 9.10. The molecule has 0 unspecified atom stereocenters. The van der Waals surface area contributed by atoms with Gasteiger partial charge in [-0.05, 0) is 32.9 Å². The molecule has 0 aliphatic heterocycles. The number of Topliss-reactive ketones (excluding diaryl/α,β-unsaturated/α-hetero) is 1. The van der Waals surface area contributed by atoms with Crippen LogP contribution in [-0.2, 0) is 4.74 Å². The number of hydrogen-bond acceptors (Lipinski definition) is 3. The van der Waals surface area contributed by atoms with Gasteiger partial charge in [0, 0.05) is 23.0 Å². The van der Waals surface area contributed by atoms with E-state index in [1.165, 1.54) is 0 Å². The Morgan fingerprint density at radius 1 is 1.32 bits per heavy atom. The Hall–Kier alpha value is -1.36. The summed E-state index contributed by atoms with van der Waals surface area (Å²) in [5.41, 5.74) is 0.0960. The van der Waals surface area contributed by atoms with Gasteiger partial charge in [0.05, 0.1) is 0 Å². The van der Waals surface area contributed by atoms with Gasteiger partial charge < -0.3 is 10.1 Å². The van der Waals surface area contributed by atoms with Crippen molar-refractivity contribution in [2.45, 2.75) is 32.8 Å². The number of ether oxygens (including phenoxy) is 1. The quantitative estimate of drug-likeness (QED) is 0.860. The highest BCUT2D eigenvalue weighted by atomic mass is 79.9. The lowest BCUT2D eigenvalue weighted by molar-refractivity contribution is 0.0527. The molecule has 1 N–H and O–H groups in total. The summed E-state index contributed by atoms with van der Waals surface area (Å²) >= 11 is 3.31. The van der Waals surface area contributed by atoms with E-state index < -0.39 is 11.7 Å². The molecule has 0 heterocycles. The van der Waals surface area contributed by atoms with E-state index in [1.807, 2.05) is 6.07 Å². The summed E-state index contributed by atoms with van der Waals surface area (Å²) in [4.78, 5) is 23.2. The molecule has 1 rings (SSSR count). The number of alkyl carbamates (subject to hydrolysis) is 1. The van der Waals surface area contributed by atoms with Crippen molar-refractivity contribution in [3.8, 4) is 0 Å². The largest absolute Gasteiger partial charge is 0.444 e. The Morgan fingerprint density at radius 3 is 2.58 bits per heavy atom. The van der Waals surface area contributed by atoms with Gasteiger partial charge >= 0.3 is 6.09 Å². The summed E-state index contributed by atoms with van der Waals surface area (Å²) in [5.74, 6) is -0.0163. The van der Waals surface area contributed by atoms with Gasteiger partial charge in [0.15, 0.2) is 5.78 Å².